The van der Waals surface area contributed by atoms with Gasteiger partial charge in [-0.25, -0.2) is 0 Å². The van der Waals surface area contributed by atoms with Gasteiger partial charge in [0.15, 0.2) is 12.6 Å². The molecule has 5 aliphatic carbocycles. The van der Waals surface area contributed by atoms with Crippen LogP contribution < -0.4 is 0 Å². The number of rotatable bonds is 8. The number of ether oxygens (including phenoxy) is 4. The molecule has 2 saturated heterocycles. The zero-order chi connectivity index (χ0) is 41.0. The first-order valence-electron chi connectivity index (χ1n) is 21.0. The lowest BCUT2D eigenvalue weighted by Gasteiger charge is -2.71. The minimum absolute atomic E-state index is 0.00865. The van der Waals surface area contributed by atoms with Crippen LogP contribution in [0.2, 0.25) is 0 Å². The van der Waals surface area contributed by atoms with Crippen molar-refractivity contribution in [1.29, 1.82) is 0 Å². The number of fused-ring (bicyclic) bond motifs is 7. The van der Waals surface area contributed by atoms with Crippen LogP contribution in [0, 0.1) is 50.2 Å². The minimum Gasteiger partial charge on any atom is -0.481 e. The van der Waals surface area contributed by atoms with E-state index in [4.69, 9.17) is 18.9 Å². The summed E-state index contributed by atoms with van der Waals surface area (Å²) in [7, 11) is 0. The maximum absolute atomic E-state index is 13.1. The number of carboxylic acids is 1. The van der Waals surface area contributed by atoms with Crippen LogP contribution >= 0.6 is 0 Å². The molecule has 2 heterocycles. The number of aliphatic carboxylic acids is 1. The minimum atomic E-state index is -1.79. The second-order valence-electron chi connectivity index (χ2n) is 20.5. The summed E-state index contributed by atoms with van der Waals surface area (Å²) in [5.41, 5.74) is -0.535. The quantitative estimate of drug-likeness (QED) is 0.126. The Kier molecular flexibility index (Phi) is 11.3. The summed E-state index contributed by atoms with van der Waals surface area (Å²) >= 11 is 0. The molecule has 0 radical (unpaired) electrons. The molecule has 0 amide bonds. The summed E-state index contributed by atoms with van der Waals surface area (Å²) in [6.07, 6.45) is -5.91. The van der Waals surface area contributed by atoms with Gasteiger partial charge in [0.1, 0.15) is 48.8 Å². The van der Waals surface area contributed by atoms with Crippen molar-refractivity contribution < 1.29 is 69.7 Å². The molecule has 7 aliphatic rings. The lowest BCUT2D eigenvalue weighted by atomic mass is 9.33. The molecule has 7 rings (SSSR count). The maximum Gasteiger partial charge on any atom is 0.310 e. The van der Waals surface area contributed by atoms with E-state index in [1.807, 2.05) is 6.92 Å². The molecule has 1 unspecified atom stereocenters. The highest BCUT2D eigenvalue weighted by atomic mass is 16.7. The molecule has 19 atom stereocenters. The van der Waals surface area contributed by atoms with E-state index in [-0.39, 0.29) is 46.0 Å². The van der Waals surface area contributed by atoms with Crippen LogP contribution in [0.1, 0.15) is 106 Å². The zero-order valence-corrected chi connectivity index (χ0v) is 33.9. The highest BCUT2D eigenvalue weighted by Gasteiger charge is 2.70. The maximum atomic E-state index is 13.1. The van der Waals surface area contributed by atoms with Gasteiger partial charge >= 0.3 is 5.97 Å². The van der Waals surface area contributed by atoms with Gasteiger partial charge in [0.25, 0.3) is 0 Å². The van der Waals surface area contributed by atoms with E-state index in [0.29, 0.717) is 19.3 Å². The molecule has 2 aliphatic heterocycles. The second-order valence-corrected chi connectivity index (χ2v) is 20.5. The van der Waals surface area contributed by atoms with Crippen LogP contribution in [0.5, 0.6) is 0 Å². The number of hydrogen-bond acceptors (Lipinski definition) is 13. The summed E-state index contributed by atoms with van der Waals surface area (Å²) in [4.78, 5) is 13.1. The predicted molar refractivity (Wildman–Crippen MR) is 199 cm³/mol. The highest BCUT2D eigenvalue weighted by molar-refractivity contribution is 5.76. The molecule has 14 heteroatoms. The standard InChI is InChI=1S/C42H68O14/c1-37(2)13-15-42(36(51)52)16-14-40(5)21(22(42)17-37)7-8-26-38(3)11-10-27(39(4,20-45)25(38)9-12-41(26,40)6)55-35-32(50)33(29(47)24(19-44)54-35)56-34-31(49)30(48)28(46)23(18-43)53-34/h7,22-35,43-50H,8-20H2,1-6H3,(H,51,52)/t22-,23+,24+,25?,26+,27-,28+,29+,30-,31+,32+,33-,34-,35-,38-,39-,40+,41+,42-/m0/s1. The van der Waals surface area contributed by atoms with Gasteiger partial charge in [0.05, 0.1) is 31.3 Å². The summed E-state index contributed by atoms with van der Waals surface area (Å²) in [6, 6.07) is 0. The Morgan fingerprint density at radius 1 is 0.732 bits per heavy atom. The fourth-order valence-corrected chi connectivity index (χ4v) is 13.7. The molecule has 9 N–H and O–H groups in total. The summed E-state index contributed by atoms with van der Waals surface area (Å²) in [6.45, 7) is 12.2. The normalized spacial score (nSPS) is 54.1. The molecular weight excluding hydrogens is 728 g/mol. The van der Waals surface area contributed by atoms with Crippen molar-refractivity contribution in [2.24, 2.45) is 50.2 Å². The van der Waals surface area contributed by atoms with Gasteiger partial charge in [-0.2, -0.15) is 0 Å². The molecule has 0 aromatic heterocycles. The number of allylic oxidation sites excluding steroid dienone is 2. The number of carboxylic acid groups (broad SMARTS) is 1. The third-order valence-corrected chi connectivity index (χ3v) is 17.4. The van der Waals surface area contributed by atoms with E-state index < -0.39 is 97.5 Å². The monoisotopic (exact) mass is 796 g/mol. The van der Waals surface area contributed by atoms with Gasteiger partial charge in [0, 0.05) is 5.41 Å². The van der Waals surface area contributed by atoms with E-state index in [1.54, 1.807) is 0 Å². The van der Waals surface area contributed by atoms with E-state index >= 15 is 0 Å². The molecule has 0 aromatic carbocycles. The largest absolute Gasteiger partial charge is 0.481 e. The fraction of sp³-hybridized carbons (Fsp3) is 0.929. The van der Waals surface area contributed by atoms with E-state index in [9.17, 15) is 50.8 Å². The molecule has 0 spiro atoms. The van der Waals surface area contributed by atoms with Crippen molar-refractivity contribution in [3.8, 4) is 0 Å². The van der Waals surface area contributed by atoms with Gasteiger partial charge in [-0.3, -0.25) is 4.79 Å². The van der Waals surface area contributed by atoms with Crippen molar-refractivity contribution in [1.82, 2.24) is 0 Å². The highest BCUT2D eigenvalue weighted by Crippen LogP contribution is 2.76. The van der Waals surface area contributed by atoms with Gasteiger partial charge < -0.3 is 64.9 Å². The molecule has 56 heavy (non-hydrogen) atoms. The van der Waals surface area contributed by atoms with Crippen molar-refractivity contribution >= 4 is 5.97 Å². The van der Waals surface area contributed by atoms with E-state index in [2.05, 4.69) is 40.7 Å². The van der Waals surface area contributed by atoms with Crippen molar-refractivity contribution in [3.05, 3.63) is 11.6 Å². The second kappa shape index (κ2) is 14.7. The Balaban J connectivity index is 1.13. The van der Waals surface area contributed by atoms with Gasteiger partial charge in [-0.05, 0) is 104 Å². The first-order chi connectivity index (χ1) is 26.2. The number of hydrogen-bond donors (Lipinski definition) is 9. The molecule has 0 bridgehead atoms. The first kappa shape index (κ1) is 42.8. The third-order valence-electron chi connectivity index (χ3n) is 17.4. The summed E-state index contributed by atoms with van der Waals surface area (Å²) in [5, 5.41) is 95.7. The lowest BCUT2D eigenvalue weighted by molar-refractivity contribution is -0.370. The zero-order valence-electron chi connectivity index (χ0n) is 33.9. The van der Waals surface area contributed by atoms with Crippen molar-refractivity contribution in [3.63, 3.8) is 0 Å². The smallest absolute Gasteiger partial charge is 0.310 e. The number of aliphatic hydroxyl groups is 8. The molecule has 4 saturated carbocycles. The Morgan fingerprint density at radius 2 is 1.36 bits per heavy atom. The fourth-order valence-electron chi connectivity index (χ4n) is 13.7. The third kappa shape index (κ3) is 6.21. The van der Waals surface area contributed by atoms with Crippen molar-refractivity contribution in [2.75, 3.05) is 19.8 Å². The van der Waals surface area contributed by atoms with Gasteiger partial charge in [-0.1, -0.05) is 53.2 Å². The van der Waals surface area contributed by atoms with Crippen LogP contribution in [0.3, 0.4) is 0 Å². The summed E-state index contributed by atoms with van der Waals surface area (Å²) < 4.78 is 23.8. The lowest BCUT2D eigenvalue weighted by Crippen LogP contribution is -2.67. The molecule has 14 nitrogen and oxygen atoms in total. The average Bonchev–Trinajstić information content (AvgIpc) is 3.15. The Hall–Kier alpha value is -1.27. The Labute approximate surface area is 330 Å². The number of carbonyl (C=O) groups is 1. The summed E-state index contributed by atoms with van der Waals surface area (Å²) in [5.74, 6) is -0.356. The van der Waals surface area contributed by atoms with Crippen LogP contribution in [0.4, 0.5) is 0 Å². The van der Waals surface area contributed by atoms with Crippen LogP contribution in [-0.2, 0) is 23.7 Å². The molecule has 320 valence electrons. The topological polar surface area (TPSA) is 236 Å². The van der Waals surface area contributed by atoms with Gasteiger partial charge in [0.2, 0.25) is 0 Å². The van der Waals surface area contributed by atoms with Crippen LogP contribution in [-0.4, -0.2) is 139 Å². The molecule has 0 aromatic rings. The van der Waals surface area contributed by atoms with Crippen molar-refractivity contribution in [2.45, 2.75) is 173 Å². The van der Waals surface area contributed by atoms with Gasteiger partial charge in [-0.15, -0.1) is 0 Å². The number of aliphatic hydroxyl groups excluding tert-OH is 8. The SMILES string of the molecule is CC1(C)CC[C@]2(C(=O)O)CC[C@]3(C)C(=CC[C@@H]4[C@@]5(C)CC[C@H](O[C@@H]6O[C@H](CO)[C@@H](O)[C@H](O[C@@H]7O[C@H](CO)[C@@H](O)[C@H](O)[C@H]7O)[C@H]6O)[C@@](C)(CO)C5CC[C@]43C)[C@@H]2C1. The Morgan fingerprint density at radius 3 is 1.98 bits per heavy atom. The Bertz CT molecular complexity index is 1500. The first-order valence-corrected chi connectivity index (χ1v) is 21.0. The predicted octanol–water partition coefficient (Wildman–Crippen LogP) is 1.85. The average molecular weight is 797 g/mol. The molecule has 6 fully saturated rings. The van der Waals surface area contributed by atoms with Crippen LogP contribution in [0.25, 0.3) is 0 Å². The van der Waals surface area contributed by atoms with Crippen LogP contribution in [0.15, 0.2) is 11.6 Å². The van der Waals surface area contributed by atoms with E-state index in [1.165, 1.54) is 5.57 Å². The van der Waals surface area contributed by atoms with E-state index in [0.717, 1.165) is 44.9 Å². The molecular formula is C42H68O14.